The average Bonchev–Trinajstić information content (AvgIpc) is 3.06. The van der Waals surface area contributed by atoms with E-state index in [2.05, 4.69) is 14.9 Å². The van der Waals surface area contributed by atoms with Gasteiger partial charge in [-0.1, -0.05) is 0 Å². The third-order valence-corrected chi connectivity index (χ3v) is 4.08. The van der Waals surface area contributed by atoms with Gasteiger partial charge in [-0.2, -0.15) is 10.2 Å². The van der Waals surface area contributed by atoms with Crippen molar-refractivity contribution in [3.63, 3.8) is 0 Å². The van der Waals surface area contributed by atoms with Gasteiger partial charge in [0.25, 0.3) is 0 Å². The Hall–Kier alpha value is -1.71. The lowest BCUT2D eigenvalue weighted by molar-refractivity contribution is 0.269. The van der Waals surface area contributed by atoms with Gasteiger partial charge in [0.15, 0.2) is 0 Å². The molecule has 0 aliphatic carbocycles. The van der Waals surface area contributed by atoms with E-state index in [1.165, 1.54) is 17.1 Å². The third-order valence-electron chi connectivity index (χ3n) is 2.66. The summed E-state index contributed by atoms with van der Waals surface area (Å²) < 4.78 is 29.6. The molecule has 0 aliphatic rings. The highest BCUT2D eigenvalue weighted by Crippen LogP contribution is 2.06. The Balaban J connectivity index is 1.83. The number of rotatable bonds is 8. The molecule has 9 heteroatoms. The Morgan fingerprint density at radius 2 is 2.10 bits per heavy atom. The zero-order valence-corrected chi connectivity index (χ0v) is 11.7. The van der Waals surface area contributed by atoms with Crippen molar-refractivity contribution in [3.8, 4) is 0 Å². The molecule has 0 spiro atoms. The summed E-state index contributed by atoms with van der Waals surface area (Å²) in [6.45, 7) is 1.17. The normalized spacial score (nSPS) is 11.8. The van der Waals surface area contributed by atoms with Crippen LogP contribution in [0.25, 0.3) is 0 Å². The van der Waals surface area contributed by atoms with Gasteiger partial charge in [0.1, 0.15) is 4.90 Å². The molecular weight excluding hydrogens is 282 g/mol. The topological polar surface area (TPSA) is 102 Å². The van der Waals surface area contributed by atoms with Crippen LogP contribution in [0.2, 0.25) is 0 Å². The molecule has 0 aliphatic heterocycles. The maximum absolute atomic E-state index is 12.0. The minimum absolute atomic E-state index is 0.0849. The molecule has 0 radical (unpaired) electrons. The summed E-state index contributed by atoms with van der Waals surface area (Å²) in [6, 6.07) is 1.82. The first-order chi connectivity index (χ1) is 9.62. The molecule has 2 aromatic rings. The fourth-order valence-corrected chi connectivity index (χ4v) is 2.70. The van der Waals surface area contributed by atoms with Crippen LogP contribution in [-0.4, -0.2) is 46.2 Å². The lowest BCUT2D eigenvalue weighted by Gasteiger charge is -2.04. The largest absolute Gasteiger partial charge is 0.394 e. The lowest BCUT2D eigenvalue weighted by atomic mass is 10.4. The summed E-state index contributed by atoms with van der Waals surface area (Å²) in [6.07, 6.45) is 6.82. The van der Waals surface area contributed by atoms with Crippen LogP contribution < -0.4 is 4.72 Å². The lowest BCUT2D eigenvalue weighted by Crippen LogP contribution is -2.25. The fraction of sp³-hybridized carbons (Fsp3) is 0.455. The number of hydrogen-bond donors (Lipinski definition) is 2. The zero-order valence-electron chi connectivity index (χ0n) is 10.9. The van der Waals surface area contributed by atoms with Crippen molar-refractivity contribution in [2.45, 2.75) is 24.4 Å². The molecule has 2 aromatic heterocycles. The van der Waals surface area contributed by atoms with Crippen LogP contribution in [0.3, 0.4) is 0 Å². The number of aryl methyl sites for hydroxylation is 1. The summed E-state index contributed by atoms with van der Waals surface area (Å²) in [7, 11) is -3.54. The first kappa shape index (κ1) is 14.7. The first-order valence-electron chi connectivity index (χ1n) is 6.22. The van der Waals surface area contributed by atoms with E-state index in [-0.39, 0.29) is 18.0 Å². The summed E-state index contributed by atoms with van der Waals surface area (Å²) >= 11 is 0. The van der Waals surface area contributed by atoms with E-state index in [1.807, 2.05) is 12.3 Å². The summed E-state index contributed by atoms with van der Waals surface area (Å²) in [4.78, 5) is 0.102. The number of aliphatic hydroxyl groups excluding tert-OH is 1. The smallest absolute Gasteiger partial charge is 0.243 e. The molecule has 8 nitrogen and oxygen atoms in total. The van der Waals surface area contributed by atoms with Gasteiger partial charge >= 0.3 is 0 Å². The van der Waals surface area contributed by atoms with Crippen LogP contribution in [0.5, 0.6) is 0 Å². The number of aromatic nitrogens is 4. The van der Waals surface area contributed by atoms with Crippen LogP contribution in [0.4, 0.5) is 0 Å². The maximum atomic E-state index is 12.0. The average molecular weight is 299 g/mol. The fourth-order valence-electron chi connectivity index (χ4n) is 1.67. The Labute approximate surface area is 117 Å². The molecule has 110 valence electrons. The highest BCUT2D eigenvalue weighted by molar-refractivity contribution is 7.89. The first-order valence-corrected chi connectivity index (χ1v) is 7.70. The standard InChI is InChI=1S/C11H17N5O3S/c17-8-7-16-10-11(9-13-16)20(18,19)14-4-2-6-15-5-1-3-12-15/h1,3,5,9-10,14,17H,2,4,6-8H2. The number of hydrogen-bond acceptors (Lipinski definition) is 5. The number of sulfonamides is 1. The van der Waals surface area contributed by atoms with Crippen LogP contribution in [0.1, 0.15) is 6.42 Å². The van der Waals surface area contributed by atoms with E-state index in [0.717, 1.165) is 0 Å². The van der Waals surface area contributed by atoms with E-state index >= 15 is 0 Å². The van der Waals surface area contributed by atoms with Gasteiger partial charge in [-0.25, -0.2) is 13.1 Å². The molecule has 0 saturated carbocycles. The maximum Gasteiger partial charge on any atom is 0.243 e. The SMILES string of the molecule is O=S(=O)(NCCCn1cccn1)c1cnn(CCO)c1. The molecule has 2 rings (SSSR count). The molecule has 0 unspecified atom stereocenters. The van der Waals surface area contributed by atoms with E-state index in [1.54, 1.807) is 10.9 Å². The second-order valence-corrected chi connectivity index (χ2v) is 5.95. The van der Waals surface area contributed by atoms with Crippen molar-refractivity contribution in [1.29, 1.82) is 0 Å². The van der Waals surface area contributed by atoms with Crippen molar-refractivity contribution < 1.29 is 13.5 Å². The van der Waals surface area contributed by atoms with E-state index in [4.69, 9.17) is 5.11 Å². The van der Waals surface area contributed by atoms with Crippen molar-refractivity contribution >= 4 is 10.0 Å². The Kier molecular flexibility index (Phi) is 4.88. The second-order valence-electron chi connectivity index (χ2n) is 4.18. The molecule has 20 heavy (non-hydrogen) atoms. The zero-order chi connectivity index (χ0) is 14.4. The minimum Gasteiger partial charge on any atom is -0.394 e. The van der Waals surface area contributed by atoms with Gasteiger partial charge in [0, 0.05) is 31.7 Å². The number of nitrogens with zero attached hydrogens (tertiary/aromatic N) is 4. The molecule has 0 aromatic carbocycles. The van der Waals surface area contributed by atoms with Crippen molar-refractivity contribution in [1.82, 2.24) is 24.3 Å². The Bertz CT molecular complexity index is 620. The van der Waals surface area contributed by atoms with Gasteiger partial charge in [-0.05, 0) is 12.5 Å². The molecule has 0 bridgehead atoms. The Morgan fingerprint density at radius 3 is 2.80 bits per heavy atom. The minimum atomic E-state index is -3.54. The quantitative estimate of drug-likeness (QED) is 0.636. The second kappa shape index (κ2) is 6.64. The molecule has 2 heterocycles. The number of nitrogens with one attached hydrogen (secondary N) is 1. The monoisotopic (exact) mass is 299 g/mol. The third kappa shape index (κ3) is 3.89. The molecule has 2 N–H and O–H groups in total. The van der Waals surface area contributed by atoms with Gasteiger partial charge in [-0.3, -0.25) is 9.36 Å². The summed E-state index contributed by atoms with van der Waals surface area (Å²) in [5.74, 6) is 0. The molecule has 0 amide bonds. The Morgan fingerprint density at radius 1 is 1.25 bits per heavy atom. The predicted molar refractivity (Wildman–Crippen MR) is 71.3 cm³/mol. The van der Waals surface area contributed by atoms with Crippen LogP contribution >= 0.6 is 0 Å². The van der Waals surface area contributed by atoms with Crippen LogP contribution in [0, 0.1) is 0 Å². The molecular formula is C11H17N5O3S. The molecule has 0 fully saturated rings. The van der Waals surface area contributed by atoms with Gasteiger partial charge in [0.2, 0.25) is 10.0 Å². The summed E-state index contributed by atoms with van der Waals surface area (Å²) in [5.41, 5.74) is 0. The molecule has 0 atom stereocenters. The van der Waals surface area contributed by atoms with Crippen molar-refractivity contribution in [2.24, 2.45) is 0 Å². The highest BCUT2D eigenvalue weighted by Gasteiger charge is 2.15. The van der Waals surface area contributed by atoms with Gasteiger partial charge in [0.05, 0.1) is 19.3 Å². The van der Waals surface area contributed by atoms with Gasteiger partial charge in [-0.15, -0.1) is 0 Å². The number of aliphatic hydroxyl groups is 1. The van der Waals surface area contributed by atoms with Crippen LogP contribution in [0.15, 0.2) is 35.7 Å². The predicted octanol–water partition coefficient (Wildman–Crippen LogP) is -0.560. The van der Waals surface area contributed by atoms with Crippen molar-refractivity contribution in [2.75, 3.05) is 13.2 Å². The summed E-state index contributed by atoms with van der Waals surface area (Å²) in [5, 5.41) is 16.7. The highest BCUT2D eigenvalue weighted by atomic mass is 32.2. The van der Waals surface area contributed by atoms with E-state index < -0.39 is 10.0 Å². The van der Waals surface area contributed by atoms with Crippen molar-refractivity contribution in [3.05, 3.63) is 30.9 Å². The van der Waals surface area contributed by atoms with Gasteiger partial charge < -0.3 is 5.11 Å². The van der Waals surface area contributed by atoms with Crippen LogP contribution in [-0.2, 0) is 23.1 Å². The van der Waals surface area contributed by atoms with E-state index in [9.17, 15) is 8.42 Å². The van der Waals surface area contributed by atoms with E-state index in [0.29, 0.717) is 19.5 Å². The molecule has 0 saturated heterocycles.